The standard InChI is InChI=1S/C12H18O/c1-3-5-7-9-11-13-12-10-8-6-4-2/h3-6,9-12H,7-8H2,1-2H3/b5-3+,6-4+,11-9?,12-10?. The van der Waals surface area contributed by atoms with Crippen LogP contribution in [0.3, 0.4) is 0 Å². The SMILES string of the molecule is C/C=C/CC=COC=CC/C=C/C. The molecule has 0 spiro atoms. The minimum absolute atomic E-state index is 0.930. The second-order valence-electron chi connectivity index (χ2n) is 2.49. The van der Waals surface area contributed by atoms with Crippen LogP contribution in [-0.4, -0.2) is 0 Å². The lowest BCUT2D eigenvalue weighted by Crippen LogP contribution is -1.66. The highest BCUT2D eigenvalue weighted by Crippen LogP contribution is 1.90. The van der Waals surface area contributed by atoms with Gasteiger partial charge in [-0.25, -0.2) is 0 Å². The lowest BCUT2D eigenvalue weighted by atomic mass is 10.4. The second kappa shape index (κ2) is 10.8. The fourth-order valence-corrected chi connectivity index (χ4v) is 0.697. The van der Waals surface area contributed by atoms with Crippen LogP contribution in [0.4, 0.5) is 0 Å². The van der Waals surface area contributed by atoms with Gasteiger partial charge in [-0.2, -0.15) is 0 Å². The first-order valence-corrected chi connectivity index (χ1v) is 4.59. The molecule has 0 radical (unpaired) electrons. The first-order valence-electron chi connectivity index (χ1n) is 4.59. The first kappa shape index (κ1) is 11.8. The van der Waals surface area contributed by atoms with Crippen molar-refractivity contribution in [1.82, 2.24) is 0 Å². The zero-order chi connectivity index (χ0) is 9.78. The zero-order valence-corrected chi connectivity index (χ0v) is 8.44. The zero-order valence-electron chi connectivity index (χ0n) is 8.44. The average Bonchev–Trinajstić information content (AvgIpc) is 2.16. The molecule has 0 saturated carbocycles. The number of hydrogen-bond acceptors (Lipinski definition) is 1. The Morgan fingerprint density at radius 1 is 0.769 bits per heavy atom. The summed E-state index contributed by atoms with van der Waals surface area (Å²) in [7, 11) is 0. The van der Waals surface area contributed by atoms with Crippen molar-refractivity contribution in [2.24, 2.45) is 0 Å². The molecule has 0 rings (SSSR count). The lowest BCUT2D eigenvalue weighted by molar-refractivity contribution is 0.400. The quantitative estimate of drug-likeness (QED) is 0.442. The molecule has 0 aromatic rings. The van der Waals surface area contributed by atoms with Gasteiger partial charge >= 0.3 is 0 Å². The number of hydrogen-bond donors (Lipinski definition) is 0. The Bertz CT molecular complexity index is 175. The molecule has 0 saturated heterocycles. The molecule has 0 amide bonds. The largest absolute Gasteiger partial charge is 0.473 e. The summed E-state index contributed by atoms with van der Waals surface area (Å²) in [5.41, 5.74) is 0. The van der Waals surface area contributed by atoms with Crippen molar-refractivity contribution in [1.29, 1.82) is 0 Å². The second-order valence-corrected chi connectivity index (χ2v) is 2.49. The van der Waals surface area contributed by atoms with Crippen LogP contribution in [0, 0.1) is 0 Å². The van der Waals surface area contributed by atoms with Crippen LogP contribution in [0.5, 0.6) is 0 Å². The molecule has 0 aromatic heterocycles. The highest BCUT2D eigenvalue weighted by Gasteiger charge is 1.71. The minimum Gasteiger partial charge on any atom is -0.473 e. The molecule has 1 heteroatoms. The monoisotopic (exact) mass is 178 g/mol. The summed E-state index contributed by atoms with van der Waals surface area (Å²) in [6, 6.07) is 0. The third-order valence-corrected chi connectivity index (χ3v) is 1.37. The number of rotatable bonds is 6. The molecule has 0 aliphatic heterocycles. The third kappa shape index (κ3) is 10.8. The summed E-state index contributed by atoms with van der Waals surface area (Å²) in [6.07, 6.45) is 17.4. The van der Waals surface area contributed by atoms with E-state index in [1.54, 1.807) is 12.5 Å². The van der Waals surface area contributed by atoms with E-state index >= 15 is 0 Å². The molecule has 0 fully saturated rings. The minimum atomic E-state index is 0.930. The molecule has 0 aromatic carbocycles. The van der Waals surface area contributed by atoms with E-state index in [1.807, 2.05) is 38.2 Å². The summed E-state index contributed by atoms with van der Waals surface area (Å²) in [4.78, 5) is 0. The summed E-state index contributed by atoms with van der Waals surface area (Å²) in [5.74, 6) is 0. The predicted octanol–water partition coefficient (Wildman–Crippen LogP) is 3.96. The topological polar surface area (TPSA) is 9.23 Å². The molecule has 1 nitrogen and oxygen atoms in total. The fourth-order valence-electron chi connectivity index (χ4n) is 0.697. The van der Waals surface area contributed by atoms with E-state index in [0.29, 0.717) is 0 Å². The van der Waals surface area contributed by atoms with Gasteiger partial charge in [0.1, 0.15) is 0 Å². The van der Waals surface area contributed by atoms with Crippen molar-refractivity contribution in [2.75, 3.05) is 0 Å². The van der Waals surface area contributed by atoms with Crippen molar-refractivity contribution >= 4 is 0 Å². The van der Waals surface area contributed by atoms with Crippen molar-refractivity contribution in [2.45, 2.75) is 26.7 Å². The third-order valence-electron chi connectivity index (χ3n) is 1.37. The Hall–Kier alpha value is -1.24. The van der Waals surface area contributed by atoms with Crippen LogP contribution in [0.15, 0.2) is 49.0 Å². The van der Waals surface area contributed by atoms with E-state index in [0.717, 1.165) is 12.8 Å². The summed E-state index contributed by atoms with van der Waals surface area (Å²) < 4.78 is 5.10. The van der Waals surface area contributed by atoms with E-state index in [2.05, 4.69) is 12.2 Å². The van der Waals surface area contributed by atoms with E-state index in [9.17, 15) is 0 Å². The smallest absolute Gasteiger partial charge is 0.0864 e. The normalized spacial score (nSPS) is 12.8. The fraction of sp³-hybridized carbons (Fsp3) is 0.333. The van der Waals surface area contributed by atoms with Gasteiger partial charge < -0.3 is 4.74 Å². The van der Waals surface area contributed by atoms with Gasteiger partial charge in [-0.1, -0.05) is 24.3 Å². The summed E-state index contributed by atoms with van der Waals surface area (Å²) >= 11 is 0. The maximum Gasteiger partial charge on any atom is 0.0864 e. The Kier molecular flexibility index (Phi) is 9.73. The highest BCUT2D eigenvalue weighted by molar-refractivity contribution is 4.91. The van der Waals surface area contributed by atoms with Gasteiger partial charge in [-0.05, 0) is 38.8 Å². The van der Waals surface area contributed by atoms with Crippen LogP contribution in [0.2, 0.25) is 0 Å². The summed E-state index contributed by atoms with van der Waals surface area (Å²) in [5, 5.41) is 0. The molecule has 72 valence electrons. The maximum absolute atomic E-state index is 5.10. The maximum atomic E-state index is 5.10. The molecular formula is C12H18O. The van der Waals surface area contributed by atoms with E-state index in [1.165, 1.54) is 0 Å². The molecule has 0 unspecified atom stereocenters. The van der Waals surface area contributed by atoms with Gasteiger partial charge in [0, 0.05) is 0 Å². The van der Waals surface area contributed by atoms with Gasteiger partial charge in [0.15, 0.2) is 0 Å². The Morgan fingerprint density at radius 2 is 1.23 bits per heavy atom. The molecule has 0 bridgehead atoms. The highest BCUT2D eigenvalue weighted by atomic mass is 16.5. The van der Waals surface area contributed by atoms with Crippen LogP contribution >= 0.6 is 0 Å². The molecule has 0 aliphatic rings. The van der Waals surface area contributed by atoms with Crippen LogP contribution < -0.4 is 0 Å². The van der Waals surface area contributed by atoms with Gasteiger partial charge in [-0.3, -0.25) is 0 Å². The van der Waals surface area contributed by atoms with E-state index < -0.39 is 0 Å². The van der Waals surface area contributed by atoms with Gasteiger partial charge in [-0.15, -0.1) is 0 Å². The van der Waals surface area contributed by atoms with Crippen molar-refractivity contribution in [3.8, 4) is 0 Å². The van der Waals surface area contributed by atoms with Crippen LogP contribution in [0.1, 0.15) is 26.7 Å². The Labute approximate surface area is 81.1 Å². The average molecular weight is 178 g/mol. The van der Waals surface area contributed by atoms with Gasteiger partial charge in [0.05, 0.1) is 12.5 Å². The Morgan fingerprint density at radius 3 is 1.62 bits per heavy atom. The molecule has 0 atom stereocenters. The van der Waals surface area contributed by atoms with Gasteiger partial charge in [0.2, 0.25) is 0 Å². The van der Waals surface area contributed by atoms with Gasteiger partial charge in [0.25, 0.3) is 0 Å². The van der Waals surface area contributed by atoms with Crippen LogP contribution in [0.25, 0.3) is 0 Å². The predicted molar refractivity (Wildman–Crippen MR) is 58.2 cm³/mol. The number of allylic oxidation sites excluding steroid dienone is 6. The summed E-state index contributed by atoms with van der Waals surface area (Å²) in [6.45, 7) is 4.01. The lowest BCUT2D eigenvalue weighted by Gasteiger charge is -1.87. The van der Waals surface area contributed by atoms with Crippen molar-refractivity contribution in [3.05, 3.63) is 49.0 Å². The van der Waals surface area contributed by atoms with Crippen LogP contribution in [-0.2, 0) is 4.74 Å². The molecule has 13 heavy (non-hydrogen) atoms. The first-order chi connectivity index (χ1) is 6.41. The molecule has 0 aliphatic carbocycles. The molecular weight excluding hydrogens is 160 g/mol. The van der Waals surface area contributed by atoms with E-state index in [-0.39, 0.29) is 0 Å². The van der Waals surface area contributed by atoms with Crippen molar-refractivity contribution < 1.29 is 4.74 Å². The van der Waals surface area contributed by atoms with Crippen molar-refractivity contribution in [3.63, 3.8) is 0 Å². The molecule has 0 N–H and O–H groups in total. The van der Waals surface area contributed by atoms with E-state index in [4.69, 9.17) is 4.74 Å². The Balaban J connectivity index is 3.32. The molecule has 0 heterocycles. The number of ether oxygens (including phenoxy) is 1.